The minimum Gasteiger partial charge on any atom is -0.465 e. The molecule has 3 nitrogen and oxygen atoms in total. The first-order valence-electron chi connectivity index (χ1n) is 6.20. The molecule has 0 radical (unpaired) electrons. The van der Waals surface area contributed by atoms with Crippen LogP contribution >= 0.6 is 0 Å². The average Bonchev–Trinajstić information content (AvgIpc) is 2.74. The molecule has 90 valence electrons. The van der Waals surface area contributed by atoms with Crippen LogP contribution in [0.5, 0.6) is 0 Å². The molecule has 1 saturated heterocycles. The van der Waals surface area contributed by atoms with E-state index in [9.17, 15) is 0 Å². The van der Waals surface area contributed by atoms with E-state index < -0.39 is 0 Å². The minimum atomic E-state index is 0.383. The molecule has 3 heteroatoms. The van der Waals surface area contributed by atoms with Gasteiger partial charge in [0.1, 0.15) is 11.5 Å². The Morgan fingerprint density at radius 3 is 2.88 bits per heavy atom. The quantitative estimate of drug-likeness (QED) is 0.851. The lowest BCUT2D eigenvalue weighted by Gasteiger charge is -2.27. The zero-order chi connectivity index (χ0) is 11.4. The van der Waals surface area contributed by atoms with Crippen molar-refractivity contribution >= 4 is 0 Å². The van der Waals surface area contributed by atoms with Gasteiger partial charge in [0.05, 0.1) is 12.6 Å². The van der Waals surface area contributed by atoms with Crippen molar-refractivity contribution in [3.63, 3.8) is 0 Å². The highest BCUT2D eigenvalue weighted by molar-refractivity contribution is 5.06. The van der Waals surface area contributed by atoms with Crippen molar-refractivity contribution in [3.05, 3.63) is 23.7 Å². The van der Waals surface area contributed by atoms with Crippen molar-refractivity contribution in [1.29, 1.82) is 0 Å². The van der Waals surface area contributed by atoms with Gasteiger partial charge in [-0.1, -0.05) is 6.92 Å². The molecule has 0 aromatic carbocycles. The third-order valence-electron chi connectivity index (χ3n) is 3.12. The maximum Gasteiger partial charge on any atom is 0.117 e. The Morgan fingerprint density at radius 2 is 2.19 bits per heavy atom. The summed E-state index contributed by atoms with van der Waals surface area (Å²) in [6, 6.07) is 4.69. The molecule has 1 aromatic heterocycles. The molecule has 0 aliphatic carbocycles. The number of furan rings is 1. The van der Waals surface area contributed by atoms with Crippen molar-refractivity contribution in [1.82, 2.24) is 5.32 Å². The predicted octanol–water partition coefficient (Wildman–Crippen LogP) is 2.50. The Morgan fingerprint density at radius 1 is 1.38 bits per heavy atom. The Kier molecular flexibility index (Phi) is 4.02. The van der Waals surface area contributed by atoms with Crippen molar-refractivity contribution in [3.8, 4) is 0 Å². The van der Waals surface area contributed by atoms with E-state index in [2.05, 4.69) is 31.3 Å². The van der Waals surface area contributed by atoms with Gasteiger partial charge in [0.25, 0.3) is 0 Å². The molecule has 1 aromatic rings. The molecule has 2 rings (SSSR count). The number of hydrogen-bond acceptors (Lipinski definition) is 3. The van der Waals surface area contributed by atoms with Crippen LogP contribution in [-0.2, 0) is 17.7 Å². The van der Waals surface area contributed by atoms with Gasteiger partial charge in [-0.2, -0.15) is 0 Å². The van der Waals surface area contributed by atoms with Crippen LogP contribution in [0, 0.1) is 0 Å². The predicted molar refractivity (Wildman–Crippen MR) is 63.4 cm³/mol. The van der Waals surface area contributed by atoms with Crippen LogP contribution in [0.3, 0.4) is 0 Å². The third kappa shape index (κ3) is 3.09. The van der Waals surface area contributed by atoms with E-state index in [0.29, 0.717) is 12.1 Å². The fraction of sp³-hybridized carbons (Fsp3) is 0.692. The number of nitrogens with one attached hydrogen (secondary N) is 1. The smallest absolute Gasteiger partial charge is 0.117 e. The van der Waals surface area contributed by atoms with Gasteiger partial charge >= 0.3 is 0 Å². The molecule has 1 aliphatic heterocycles. The first-order valence-corrected chi connectivity index (χ1v) is 6.20. The van der Waals surface area contributed by atoms with Crippen LogP contribution in [-0.4, -0.2) is 18.8 Å². The lowest BCUT2D eigenvalue weighted by Crippen LogP contribution is -2.37. The molecule has 16 heavy (non-hydrogen) atoms. The molecule has 0 saturated carbocycles. The number of rotatable bonds is 4. The number of hydrogen-bond donors (Lipinski definition) is 1. The zero-order valence-electron chi connectivity index (χ0n) is 10.2. The Hall–Kier alpha value is -0.800. The maximum absolute atomic E-state index is 5.66. The zero-order valence-corrected chi connectivity index (χ0v) is 10.2. The largest absolute Gasteiger partial charge is 0.465 e. The van der Waals surface area contributed by atoms with Gasteiger partial charge in [-0.25, -0.2) is 0 Å². The monoisotopic (exact) mass is 223 g/mol. The Bertz CT molecular complexity index is 321. The second-order valence-corrected chi connectivity index (χ2v) is 4.51. The van der Waals surface area contributed by atoms with Gasteiger partial charge in [0.15, 0.2) is 0 Å². The molecule has 1 fully saturated rings. The summed E-state index contributed by atoms with van der Waals surface area (Å²) in [5, 5.41) is 3.53. The molecule has 1 aliphatic rings. The molecule has 2 unspecified atom stereocenters. The van der Waals surface area contributed by atoms with Gasteiger partial charge in [-0.3, -0.25) is 0 Å². The summed E-state index contributed by atoms with van der Waals surface area (Å²) in [7, 11) is 0. The summed E-state index contributed by atoms with van der Waals surface area (Å²) in [5.74, 6) is 2.10. The van der Waals surface area contributed by atoms with E-state index in [1.165, 1.54) is 0 Å². The van der Waals surface area contributed by atoms with E-state index in [1.807, 2.05) is 0 Å². The highest BCUT2D eigenvalue weighted by atomic mass is 16.5. The van der Waals surface area contributed by atoms with Crippen LogP contribution in [0.2, 0.25) is 0 Å². The summed E-state index contributed by atoms with van der Waals surface area (Å²) < 4.78 is 11.2. The van der Waals surface area contributed by atoms with Crippen molar-refractivity contribution in [2.45, 2.75) is 51.8 Å². The third-order valence-corrected chi connectivity index (χ3v) is 3.12. The van der Waals surface area contributed by atoms with Gasteiger partial charge in [0.2, 0.25) is 0 Å². The van der Waals surface area contributed by atoms with E-state index >= 15 is 0 Å². The van der Waals surface area contributed by atoms with Crippen LogP contribution in [0.4, 0.5) is 0 Å². The maximum atomic E-state index is 5.66. The summed E-state index contributed by atoms with van der Waals surface area (Å²) in [6.07, 6.45) is 3.55. The van der Waals surface area contributed by atoms with Crippen LogP contribution in [0.15, 0.2) is 16.5 Å². The standard InChI is InChI=1S/C13H21NO2/c1-3-12-4-5-13(16-12)9-14-11-6-7-15-10(2)8-11/h4-5,10-11,14H,3,6-9H2,1-2H3. The lowest BCUT2D eigenvalue weighted by atomic mass is 10.0. The fourth-order valence-electron chi connectivity index (χ4n) is 2.14. The normalized spacial score (nSPS) is 25.9. The number of aryl methyl sites for hydroxylation is 1. The summed E-state index contributed by atoms with van der Waals surface area (Å²) in [6.45, 7) is 5.95. The topological polar surface area (TPSA) is 34.4 Å². The van der Waals surface area contributed by atoms with Crippen molar-refractivity contribution in [2.75, 3.05) is 6.61 Å². The second kappa shape index (κ2) is 5.51. The van der Waals surface area contributed by atoms with E-state index in [4.69, 9.17) is 9.15 Å². The highest BCUT2D eigenvalue weighted by Gasteiger charge is 2.18. The Balaban J connectivity index is 1.78. The molecule has 0 bridgehead atoms. The minimum absolute atomic E-state index is 0.383. The van der Waals surface area contributed by atoms with Crippen molar-refractivity contribution < 1.29 is 9.15 Å². The lowest BCUT2D eigenvalue weighted by molar-refractivity contribution is 0.0127. The molecular weight excluding hydrogens is 202 g/mol. The highest BCUT2D eigenvalue weighted by Crippen LogP contribution is 2.14. The number of ether oxygens (including phenoxy) is 1. The van der Waals surface area contributed by atoms with Crippen LogP contribution in [0.1, 0.15) is 38.2 Å². The van der Waals surface area contributed by atoms with Crippen LogP contribution < -0.4 is 5.32 Å². The second-order valence-electron chi connectivity index (χ2n) is 4.51. The molecule has 2 atom stereocenters. The van der Waals surface area contributed by atoms with E-state index in [-0.39, 0.29) is 0 Å². The molecular formula is C13H21NO2. The van der Waals surface area contributed by atoms with Gasteiger partial charge in [-0.15, -0.1) is 0 Å². The van der Waals surface area contributed by atoms with Crippen LogP contribution in [0.25, 0.3) is 0 Å². The molecule has 1 N–H and O–H groups in total. The average molecular weight is 223 g/mol. The summed E-state index contributed by atoms with van der Waals surface area (Å²) in [4.78, 5) is 0. The van der Waals surface area contributed by atoms with E-state index in [1.54, 1.807) is 0 Å². The fourth-order valence-corrected chi connectivity index (χ4v) is 2.14. The first kappa shape index (κ1) is 11.7. The SMILES string of the molecule is CCc1ccc(CNC2CCOC(C)C2)o1. The summed E-state index contributed by atoms with van der Waals surface area (Å²) >= 11 is 0. The van der Waals surface area contributed by atoms with Gasteiger partial charge < -0.3 is 14.5 Å². The van der Waals surface area contributed by atoms with Crippen molar-refractivity contribution in [2.24, 2.45) is 0 Å². The van der Waals surface area contributed by atoms with E-state index in [0.717, 1.165) is 43.9 Å². The van der Waals surface area contributed by atoms with Gasteiger partial charge in [0, 0.05) is 19.1 Å². The summed E-state index contributed by atoms with van der Waals surface area (Å²) in [5.41, 5.74) is 0. The Labute approximate surface area is 97.2 Å². The first-order chi connectivity index (χ1) is 7.78. The molecule has 0 spiro atoms. The molecule has 0 amide bonds. The molecule has 2 heterocycles. The van der Waals surface area contributed by atoms with Gasteiger partial charge in [-0.05, 0) is 31.9 Å².